The topological polar surface area (TPSA) is 12.0 Å². The molecule has 0 amide bonds. The second-order valence-electron chi connectivity index (χ2n) is 4.42. The molecule has 4 heteroatoms. The van der Waals surface area contributed by atoms with Gasteiger partial charge in [0.05, 0.1) is 0 Å². The number of benzene rings is 2. The molecule has 1 nitrogen and oxygen atoms in total. The smallest absolute Gasteiger partial charge is 0.123 e. The quantitative estimate of drug-likeness (QED) is 0.783. The summed E-state index contributed by atoms with van der Waals surface area (Å²) < 4.78 is 15.2. The van der Waals surface area contributed by atoms with Gasteiger partial charge in [0.25, 0.3) is 0 Å². The fraction of sp³-hybridized carbons (Fsp3) is 0.200. The van der Waals surface area contributed by atoms with E-state index in [4.69, 9.17) is 0 Å². The van der Waals surface area contributed by atoms with Crippen molar-refractivity contribution in [3.05, 3.63) is 67.9 Å². The molecule has 0 aromatic heterocycles. The third kappa shape index (κ3) is 4.13. The van der Waals surface area contributed by atoms with Crippen molar-refractivity contribution < 1.29 is 4.39 Å². The fourth-order valence-corrected chi connectivity index (χ4v) is 2.47. The molecule has 100 valence electrons. The van der Waals surface area contributed by atoms with Crippen LogP contribution in [0.25, 0.3) is 0 Å². The van der Waals surface area contributed by atoms with Gasteiger partial charge in [0, 0.05) is 22.0 Å². The Hall–Kier alpha value is -0.710. The van der Waals surface area contributed by atoms with Crippen molar-refractivity contribution in [3.8, 4) is 0 Å². The lowest BCUT2D eigenvalue weighted by Crippen LogP contribution is -2.13. The van der Waals surface area contributed by atoms with Gasteiger partial charge < -0.3 is 5.32 Å². The van der Waals surface area contributed by atoms with Crippen molar-refractivity contribution >= 4 is 31.9 Å². The Balaban J connectivity index is 1.96. The van der Waals surface area contributed by atoms with E-state index in [9.17, 15) is 4.39 Å². The molecule has 2 rings (SSSR count). The molecule has 0 atom stereocenters. The minimum Gasteiger partial charge on any atom is -0.309 e. The van der Waals surface area contributed by atoms with Crippen molar-refractivity contribution in [1.29, 1.82) is 0 Å². The molecule has 19 heavy (non-hydrogen) atoms. The number of hydrogen-bond donors (Lipinski definition) is 1. The van der Waals surface area contributed by atoms with Gasteiger partial charge in [0.2, 0.25) is 0 Å². The van der Waals surface area contributed by atoms with Gasteiger partial charge in [-0.3, -0.25) is 0 Å². The largest absolute Gasteiger partial charge is 0.309 e. The summed E-state index contributed by atoms with van der Waals surface area (Å²) in [6.07, 6.45) is 0. The van der Waals surface area contributed by atoms with Gasteiger partial charge in [0.1, 0.15) is 5.82 Å². The van der Waals surface area contributed by atoms with Crippen molar-refractivity contribution in [3.63, 3.8) is 0 Å². The number of nitrogens with one attached hydrogen (secondary N) is 1. The molecule has 0 unspecified atom stereocenters. The van der Waals surface area contributed by atoms with Crippen LogP contribution in [-0.4, -0.2) is 0 Å². The molecule has 0 aliphatic rings. The van der Waals surface area contributed by atoms with E-state index in [1.807, 2.05) is 6.07 Å². The normalized spacial score (nSPS) is 10.7. The number of rotatable bonds is 4. The summed E-state index contributed by atoms with van der Waals surface area (Å²) in [5.74, 6) is -0.209. The van der Waals surface area contributed by atoms with E-state index >= 15 is 0 Å². The third-order valence-electron chi connectivity index (χ3n) is 2.87. The van der Waals surface area contributed by atoms with E-state index in [2.05, 4.69) is 56.2 Å². The fourth-order valence-electron chi connectivity index (χ4n) is 1.84. The molecular formula is C15H14Br2FN. The third-order valence-corrected chi connectivity index (χ3v) is 4.54. The minimum atomic E-state index is -0.209. The van der Waals surface area contributed by atoms with Crippen LogP contribution in [0.1, 0.15) is 16.7 Å². The molecule has 2 aromatic rings. The Bertz CT molecular complexity index is 584. The van der Waals surface area contributed by atoms with Gasteiger partial charge >= 0.3 is 0 Å². The maximum atomic E-state index is 13.1. The first-order valence-electron chi connectivity index (χ1n) is 5.96. The predicted molar refractivity (Wildman–Crippen MR) is 83.5 cm³/mol. The Morgan fingerprint density at radius 3 is 2.47 bits per heavy atom. The summed E-state index contributed by atoms with van der Waals surface area (Å²) in [7, 11) is 0. The van der Waals surface area contributed by atoms with Crippen LogP contribution in [0.4, 0.5) is 4.39 Å². The average Bonchev–Trinajstić information content (AvgIpc) is 2.38. The summed E-state index contributed by atoms with van der Waals surface area (Å²) in [4.78, 5) is 0. The van der Waals surface area contributed by atoms with E-state index in [0.717, 1.165) is 21.1 Å². The molecule has 0 radical (unpaired) electrons. The van der Waals surface area contributed by atoms with Gasteiger partial charge in [-0.25, -0.2) is 4.39 Å². The van der Waals surface area contributed by atoms with Gasteiger partial charge in [-0.1, -0.05) is 44.0 Å². The van der Waals surface area contributed by atoms with Gasteiger partial charge in [-0.05, 0) is 47.9 Å². The Labute approximate surface area is 129 Å². The second-order valence-corrected chi connectivity index (χ2v) is 6.13. The van der Waals surface area contributed by atoms with Crippen molar-refractivity contribution in [2.24, 2.45) is 0 Å². The van der Waals surface area contributed by atoms with E-state index in [-0.39, 0.29) is 5.82 Å². The van der Waals surface area contributed by atoms with Crippen LogP contribution in [0.15, 0.2) is 45.3 Å². The summed E-state index contributed by atoms with van der Waals surface area (Å²) in [5, 5.41) is 3.32. The summed E-state index contributed by atoms with van der Waals surface area (Å²) in [5.41, 5.74) is 3.35. The van der Waals surface area contributed by atoms with E-state index < -0.39 is 0 Å². The lowest BCUT2D eigenvalue weighted by molar-refractivity contribution is 0.619. The molecule has 0 aliphatic carbocycles. The molecule has 0 heterocycles. The molecule has 0 bridgehead atoms. The van der Waals surface area contributed by atoms with Crippen molar-refractivity contribution in [2.75, 3.05) is 0 Å². The zero-order valence-corrected chi connectivity index (χ0v) is 13.7. The van der Waals surface area contributed by atoms with Crippen molar-refractivity contribution in [1.82, 2.24) is 5.32 Å². The van der Waals surface area contributed by atoms with Crippen LogP contribution in [0.5, 0.6) is 0 Å². The standard InChI is InChI=1S/C15H14Br2FN/c1-10-6-11(2-4-14(10)16)8-19-9-12-7-13(18)3-5-15(12)17/h2-7,19H,8-9H2,1H3. The van der Waals surface area contributed by atoms with Gasteiger partial charge in [-0.15, -0.1) is 0 Å². The van der Waals surface area contributed by atoms with Crippen LogP contribution in [-0.2, 0) is 13.1 Å². The van der Waals surface area contributed by atoms with E-state index in [1.165, 1.54) is 17.2 Å². The minimum absolute atomic E-state index is 0.209. The van der Waals surface area contributed by atoms with Gasteiger partial charge in [0.15, 0.2) is 0 Å². The number of aryl methyl sites for hydroxylation is 1. The van der Waals surface area contributed by atoms with Crippen LogP contribution in [0, 0.1) is 12.7 Å². The number of hydrogen-bond acceptors (Lipinski definition) is 1. The second kappa shape index (κ2) is 6.64. The van der Waals surface area contributed by atoms with Gasteiger partial charge in [-0.2, -0.15) is 0 Å². The Morgan fingerprint density at radius 1 is 1.00 bits per heavy atom. The highest BCUT2D eigenvalue weighted by atomic mass is 79.9. The summed E-state index contributed by atoms with van der Waals surface area (Å²) in [6.45, 7) is 3.46. The predicted octanol–water partition coefficient (Wildman–Crippen LogP) is 4.95. The van der Waals surface area contributed by atoms with Crippen molar-refractivity contribution in [2.45, 2.75) is 20.0 Å². The SMILES string of the molecule is Cc1cc(CNCc2cc(F)ccc2Br)ccc1Br. The first kappa shape index (κ1) is 14.7. The maximum absolute atomic E-state index is 13.1. The zero-order chi connectivity index (χ0) is 13.8. The molecule has 0 fully saturated rings. The first-order valence-corrected chi connectivity index (χ1v) is 7.54. The first-order chi connectivity index (χ1) is 9.06. The monoisotopic (exact) mass is 385 g/mol. The van der Waals surface area contributed by atoms with Crippen LogP contribution >= 0.6 is 31.9 Å². The number of halogens is 3. The molecule has 1 N–H and O–H groups in total. The van der Waals surface area contributed by atoms with E-state index in [0.29, 0.717) is 6.54 Å². The Kier molecular flexibility index (Phi) is 5.13. The Morgan fingerprint density at radius 2 is 1.74 bits per heavy atom. The summed E-state index contributed by atoms with van der Waals surface area (Å²) in [6, 6.07) is 11.0. The lowest BCUT2D eigenvalue weighted by Gasteiger charge is -2.08. The van der Waals surface area contributed by atoms with E-state index in [1.54, 1.807) is 12.1 Å². The average molecular weight is 387 g/mol. The highest BCUT2D eigenvalue weighted by molar-refractivity contribution is 9.10. The lowest BCUT2D eigenvalue weighted by atomic mass is 10.1. The molecule has 0 saturated heterocycles. The van der Waals surface area contributed by atoms with Crippen LogP contribution < -0.4 is 5.32 Å². The van der Waals surface area contributed by atoms with Crippen LogP contribution in [0.3, 0.4) is 0 Å². The van der Waals surface area contributed by atoms with Crippen LogP contribution in [0.2, 0.25) is 0 Å². The molecular weight excluding hydrogens is 373 g/mol. The highest BCUT2D eigenvalue weighted by Crippen LogP contribution is 2.19. The molecule has 0 saturated carbocycles. The highest BCUT2D eigenvalue weighted by Gasteiger charge is 2.02. The molecule has 0 aliphatic heterocycles. The molecule has 2 aromatic carbocycles. The zero-order valence-electron chi connectivity index (χ0n) is 10.5. The summed E-state index contributed by atoms with van der Waals surface area (Å²) >= 11 is 6.91. The maximum Gasteiger partial charge on any atom is 0.123 e. The molecule has 0 spiro atoms.